The molecule has 0 aliphatic carbocycles. The van der Waals surface area contributed by atoms with Gasteiger partial charge in [0.15, 0.2) is 11.5 Å². The van der Waals surface area contributed by atoms with Gasteiger partial charge in [0.2, 0.25) is 5.91 Å². The number of nitrogens with one attached hydrogen (secondary N) is 1. The Hall–Kier alpha value is -1.79. The number of nitrogens with zero attached hydrogens (tertiary/aromatic N) is 1. The minimum atomic E-state index is -0.660. The summed E-state index contributed by atoms with van der Waals surface area (Å²) in [5.41, 5.74) is 6.58. The third-order valence-corrected chi connectivity index (χ3v) is 3.76. The summed E-state index contributed by atoms with van der Waals surface area (Å²) in [6, 6.07) is 3.80. The lowest BCUT2D eigenvalue weighted by Crippen LogP contribution is -2.44. The van der Waals surface area contributed by atoms with E-state index < -0.39 is 6.04 Å². The van der Waals surface area contributed by atoms with Crippen molar-refractivity contribution in [3.8, 4) is 11.5 Å². The van der Waals surface area contributed by atoms with Crippen LogP contribution in [-0.2, 0) is 11.2 Å². The van der Waals surface area contributed by atoms with Crippen LogP contribution in [0.4, 0.5) is 0 Å². The number of phenols is 2. The summed E-state index contributed by atoms with van der Waals surface area (Å²) in [4.78, 5) is 14.2. The standard InChI is InChI=1S/C15H23N3O3/c16-12(9-11-3-4-13(19)14(20)10-11)15(21)17-5-8-18-6-1-2-7-18/h3-4,10,12,19-20H,1-2,5-9,16H2,(H,17,21)/t12-/m0/s1. The highest BCUT2D eigenvalue weighted by molar-refractivity contribution is 5.81. The van der Waals surface area contributed by atoms with Crippen molar-refractivity contribution < 1.29 is 15.0 Å². The molecule has 21 heavy (non-hydrogen) atoms. The highest BCUT2D eigenvalue weighted by Crippen LogP contribution is 2.25. The lowest BCUT2D eigenvalue weighted by Gasteiger charge is -2.17. The number of hydrogen-bond acceptors (Lipinski definition) is 5. The smallest absolute Gasteiger partial charge is 0.237 e. The summed E-state index contributed by atoms with van der Waals surface area (Å²) in [6.07, 6.45) is 2.79. The number of hydrogen-bond donors (Lipinski definition) is 4. The number of likely N-dealkylation sites (tertiary alicyclic amines) is 1. The molecule has 5 N–H and O–H groups in total. The van der Waals surface area contributed by atoms with E-state index in [1.807, 2.05) is 0 Å². The molecule has 0 radical (unpaired) electrons. The van der Waals surface area contributed by atoms with E-state index in [1.165, 1.54) is 25.0 Å². The Kier molecular flexibility index (Phi) is 5.41. The van der Waals surface area contributed by atoms with Crippen LogP contribution in [0.25, 0.3) is 0 Å². The van der Waals surface area contributed by atoms with E-state index in [-0.39, 0.29) is 17.4 Å². The summed E-state index contributed by atoms with van der Waals surface area (Å²) in [7, 11) is 0. The highest BCUT2D eigenvalue weighted by Gasteiger charge is 2.16. The zero-order chi connectivity index (χ0) is 15.2. The summed E-state index contributed by atoms with van der Waals surface area (Å²) in [5, 5.41) is 21.5. The average Bonchev–Trinajstić information content (AvgIpc) is 2.96. The molecule has 116 valence electrons. The van der Waals surface area contributed by atoms with Gasteiger partial charge in [-0.2, -0.15) is 0 Å². The van der Waals surface area contributed by atoms with Gasteiger partial charge in [0, 0.05) is 13.1 Å². The fraction of sp³-hybridized carbons (Fsp3) is 0.533. The van der Waals surface area contributed by atoms with Crippen molar-refractivity contribution >= 4 is 5.91 Å². The van der Waals surface area contributed by atoms with Gasteiger partial charge in [-0.15, -0.1) is 0 Å². The predicted molar refractivity (Wildman–Crippen MR) is 80.1 cm³/mol. The Morgan fingerprint density at radius 1 is 1.29 bits per heavy atom. The molecular weight excluding hydrogens is 270 g/mol. The van der Waals surface area contributed by atoms with Crippen molar-refractivity contribution in [3.63, 3.8) is 0 Å². The molecule has 0 spiro atoms. The van der Waals surface area contributed by atoms with Gasteiger partial charge < -0.3 is 26.2 Å². The molecule has 0 aromatic heterocycles. The lowest BCUT2D eigenvalue weighted by atomic mass is 10.1. The maximum atomic E-state index is 11.9. The predicted octanol–water partition coefficient (Wildman–Crippen LogP) is 0.180. The second kappa shape index (κ2) is 7.28. The van der Waals surface area contributed by atoms with E-state index in [2.05, 4.69) is 10.2 Å². The minimum absolute atomic E-state index is 0.178. The number of carbonyl (C=O) groups excluding carboxylic acids is 1. The van der Waals surface area contributed by atoms with E-state index in [0.29, 0.717) is 18.5 Å². The second-order valence-electron chi connectivity index (χ2n) is 5.47. The van der Waals surface area contributed by atoms with E-state index in [1.54, 1.807) is 6.07 Å². The van der Waals surface area contributed by atoms with Crippen molar-refractivity contribution in [2.24, 2.45) is 5.73 Å². The van der Waals surface area contributed by atoms with Gasteiger partial charge in [-0.25, -0.2) is 0 Å². The van der Waals surface area contributed by atoms with Crippen molar-refractivity contribution in [1.29, 1.82) is 0 Å². The molecule has 0 unspecified atom stereocenters. The molecule has 1 aromatic carbocycles. The van der Waals surface area contributed by atoms with Crippen LogP contribution < -0.4 is 11.1 Å². The van der Waals surface area contributed by atoms with Gasteiger partial charge in [-0.1, -0.05) is 6.07 Å². The topological polar surface area (TPSA) is 98.8 Å². The van der Waals surface area contributed by atoms with Crippen molar-refractivity contribution in [1.82, 2.24) is 10.2 Å². The molecule has 1 aromatic rings. The van der Waals surface area contributed by atoms with Crippen LogP contribution in [0.5, 0.6) is 11.5 Å². The monoisotopic (exact) mass is 293 g/mol. The first kappa shape index (κ1) is 15.6. The Balaban J connectivity index is 1.74. The van der Waals surface area contributed by atoms with Crippen molar-refractivity contribution in [3.05, 3.63) is 23.8 Å². The summed E-state index contributed by atoms with van der Waals surface area (Å²) in [6.45, 7) is 3.68. The molecular formula is C15H23N3O3. The number of nitrogens with two attached hydrogens (primary N) is 1. The Morgan fingerprint density at radius 3 is 2.67 bits per heavy atom. The first-order valence-corrected chi connectivity index (χ1v) is 7.33. The SMILES string of the molecule is N[C@@H](Cc1ccc(O)c(O)c1)C(=O)NCCN1CCCC1. The van der Waals surface area contributed by atoms with Gasteiger partial charge in [-0.3, -0.25) is 4.79 Å². The molecule has 1 aliphatic heterocycles. The number of amides is 1. The normalized spacial score (nSPS) is 16.8. The third kappa shape index (κ3) is 4.61. The molecule has 1 heterocycles. The first-order valence-electron chi connectivity index (χ1n) is 7.33. The fourth-order valence-electron chi connectivity index (χ4n) is 2.52. The van der Waals surface area contributed by atoms with Gasteiger partial charge in [0.25, 0.3) is 0 Å². The zero-order valence-corrected chi connectivity index (χ0v) is 12.1. The summed E-state index contributed by atoms with van der Waals surface area (Å²) in [5.74, 6) is -0.571. The molecule has 6 heteroatoms. The Labute approximate surface area is 124 Å². The molecule has 1 fully saturated rings. The molecule has 1 saturated heterocycles. The van der Waals surface area contributed by atoms with Crippen molar-refractivity contribution in [2.45, 2.75) is 25.3 Å². The van der Waals surface area contributed by atoms with Crippen LogP contribution in [0.1, 0.15) is 18.4 Å². The zero-order valence-electron chi connectivity index (χ0n) is 12.1. The molecule has 0 bridgehead atoms. The first-order chi connectivity index (χ1) is 10.1. The van der Waals surface area contributed by atoms with Crippen LogP contribution in [0.3, 0.4) is 0 Å². The number of phenolic OH excluding ortho intramolecular Hbond substituents is 2. The lowest BCUT2D eigenvalue weighted by molar-refractivity contribution is -0.122. The maximum Gasteiger partial charge on any atom is 0.237 e. The number of carbonyl (C=O) groups is 1. The van der Waals surface area contributed by atoms with E-state index in [9.17, 15) is 15.0 Å². The Morgan fingerprint density at radius 2 is 2.00 bits per heavy atom. The molecule has 1 amide bonds. The Bertz CT molecular complexity index is 487. The van der Waals surface area contributed by atoms with Crippen LogP contribution in [0.15, 0.2) is 18.2 Å². The summed E-state index contributed by atoms with van der Waals surface area (Å²) < 4.78 is 0. The fourth-order valence-corrected chi connectivity index (χ4v) is 2.52. The number of rotatable bonds is 6. The quantitative estimate of drug-likeness (QED) is 0.561. The third-order valence-electron chi connectivity index (χ3n) is 3.76. The van der Waals surface area contributed by atoms with Crippen LogP contribution in [-0.4, -0.2) is 53.2 Å². The largest absolute Gasteiger partial charge is 0.504 e. The van der Waals surface area contributed by atoms with Gasteiger partial charge in [-0.05, 0) is 50.0 Å². The molecule has 1 atom stereocenters. The molecule has 1 aliphatic rings. The average molecular weight is 293 g/mol. The van der Waals surface area contributed by atoms with E-state index in [0.717, 1.165) is 19.6 Å². The van der Waals surface area contributed by atoms with E-state index in [4.69, 9.17) is 5.73 Å². The highest BCUT2D eigenvalue weighted by atomic mass is 16.3. The molecule has 0 saturated carbocycles. The second-order valence-corrected chi connectivity index (χ2v) is 5.47. The van der Waals surface area contributed by atoms with Crippen LogP contribution in [0.2, 0.25) is 0 Å². The summed E-state index contributed by atoms with van der Waals surface area (Å²) >= 11 is 0. The maximum absolute atomic E-state index is 11.9. The molecule has 6 nitrogen and oxygen atoms in total. The van der Waals surface area contributed by atoms with Crippen molar-refractivity contribution in [2.75, 3.05) is 26.2 Å². The van der Waals surface area contributed by atoms with E-state index >= 15 is 0 Å². The minimum Gasteiger partial charge on any atom is -0.504 e. The van der Waals surface area contributed by atoms with Crippen LogP contribution in [0, 0.1) is 0 Å². The number of benzene rings is 1. The van der Waals surface area contributed by atoms with Gasteiger partial charge in [0.1, 0.15) is 0 Å². The van der Waals surface area contributed by atoms with Gasteiger partial charge >= 0.3 is 0 Å². The molecule has 2 rings (SSSR count). The number of aromatic hydroxyl groups is 2. The van der Waals surface area contributed by atoms with Gasteiger partial charge in [0.05, 0.1) is 6.04 Å². The van der Waals surface area contributed by atoms with Crippen LogP contribution >= 0.6 is 0 Å².